The average molecular weight is 600 g/mol. The zero-order valence-corrected chi connectivity index (χ0v) is 25.1. The van der Waals surface area contributed by atoms with E-state index in [0.717, 1.165) is 27.3 Å². The second-order valence-electron chi connectivity index (χ2n) is 9.71. The van der Waals surface area contributed by atoms with Gasteiger partial charge in [0.15, 0.2) is 0 Å². The second-order valence-corrected chi connectivity index (χ2v) is 12.1. The quantitative estimate of drug-likeness (QED) is 0.248. The van der Waals surface area contributed by atoms with Gasteiger partial charge in [0.2, 0.25) is 21.8 Å². The summed E-state index contributed by atoms with van der Waals surface area (Å²) in [4.78, 5) is 29.1. The van der Waals surface area contributed by atoms with Gasteiger partial charge >= 0.3 is 0 Å². The molecule has 0 saturated carbocycles. The molecule has 1 unspecified atom stereocenters. The molecule has 0 bridgehead atoms. The molecule has 220 valence electrons. The van der Waals surface area contributed by atoms with Crippen LogP contribution in [0.25, 0.3) is 0 Å². The maximum absolute atomic E-state index is 14.0. The van der Waals surface area contributed by atoms with Gasteiger partial charge in [0, 0.05) is 44.3 Å². The molecule has 3 aromatic rings. The molecule has 0 saturated heterocycles. The summed E-state index contributed by atoms with van der Waals surface area (Å²) in [6.45, 7) is 3.12. The fourth-order valence-electron chi connectivity index (χ4n) is 4.31. The smallest absolute Gasteiger partial charge is 0.243 e. The Morgan fingerprint density at radius 1 is 0.878 bits per heavy atom. The summed E-state index contributed by atoms with van der Waals surface area (Å²) in [5, 5.41) is 3.50. The van der Waals surface area contributed by atoms with Gasteiger partial charge in [-0.2, -0.15) is 4.31 Å². The van der Waals surface area contributed by atoms with E-state index in [2.05, 4.69) is 5.32 Å². The van der Waals surface area contributed by atoms with Crippen LogP contribution in [0.3, 0.4) is 0 Å². The van der Waals surface area contributed by atoms with E-state index in [1.54, 1.807) is 24.3 Å². The van der Waals surface area contributed by atoms with E-state index in [0.29, 0.717) is 31.2 Å². The number of sulfonamides is 1. The Hall–Kier alpha value is -3.24. The normalized spacial score (nSPS) is 12.2. The van der Waals surface area contributed by atoms with E-state index in [1.807, 2.05) is 67.6 Å². The number of amides is 2. The van der Waals surface area contributed by atoms with E-state index in [1.165, 1.54) is 4.90 Å². The van der Waals surface area contributed by atoms with Crippen molar-refractivity contribution in [3.8, 4) is 0 Å². The first-order valence-electron chi connectivity index (χ1n) is 13.6. The van der Waals surface area contributed by atoms with Crippen molar-refractivity contribution in [2.45, 2.75) is 38.9 Å². The minimum absolute atomic E-state index is 0.0349. The topological polar surface area (TPSA) is 96.0 Å². The lowest BCUT2D eigenvalue weighted by Crippen LogP contribution is -2.53. The SMILES string of the molecule is CCOCCCNC(=O)C(Cc1ccccc1)N(Cc1ccc(Cl)cc1)C(=O)CN(Cc1ccccc1)S(C)(=O)=O. The van der Waals surface area contributed by atoms with Gasteiger partial charge in [-0.05, 0) is 42.2 Å². The van der Waals surface area contributed by atoms with Crippen molar-refractivity contribution in [3.05, 3.63) is 107 Å². The lowest BCUT2D eigenvalue weighted by molar-refractivity contribution is -0.141. The van der Waals surface area contributed by atoms with Crippen LogP contribution in [-0.4, -0.2) is 68.0 Å². The molecule has 3 rings (SSSR count). The third kappa shape index (κ3) is 10.9. The molecule has 41 heavy (non-hydrogen) atoms. The number of nitrogens with one attached hydrogen (secondary N) is 1. The Labute approximate surface area is 248 Å². The van der Waals surface area contributed by atoms with Crippen molar-refractivity contribution < 1.29 is 22.7 Å². The molecular weight excluding hydrogens is 562 g/mol. The predicted molar refractivity (Wildman–Crippen MR) is 162 cm³/mol. The van der Waals surface area contributed by atoms with Crippen molar-refractivity contribution in [3.63, 3.8) is 0 Å². The van der Waals surface area contributed by atoms with Crippen LogP contribution < -0.4 is 5.32 Å². The molecule has 0 aromatic heterocycles. The maximum Gasteiger partial charge on any atom is 0.243 e. The van der Waals surface area contributed by atoms with Crippen LogP contribution in [0.15, 0.2) is 84.9 Å². The first-order chi connectivity index (χ1) is 19.7. The summed E-state index contributed by atoms with van der Waals surface area (Å²) < 4.78 is 32.0. The highest BCUT2D eigenvalue weighted by atomic mass is 35.5. The van der Waals surface area contributed by atoms with Crippen molar-refractivity contribution in [2.75, 3.05) is 32.6 Å². The summed E-state index contributed by atoms with van der Waals surface area (Å²) >= 11 is 6.09. The van der Waals surface area contributed by atoms with Gasteiger partial charge in [0.1, 0.15) is 6.04 Å². The number of ether oxygens (including phenoxy) is 1. The van der Waals surface area contributed by atoms with Gasteiger partial charge in [-0.15, -0.1) is 0 Å². The third-order valence-corrected chi connectivity index (χ3v) is 7.94. The van der Waals surface area contributed by atoms with Gasteiger partial charge in [-0.3, -0.25) is 9.59 Å². The molecule has 1 N–H and O–H groups in total. The van der Waals surface area contributed by atoms with Crippen molar-refractivity contribution in [1.29, 1.82) is 0 Å². The second kappa shape index (κ2) is 16.3. The summed E-state index contributed by atoms with van der Waals surface area (Å²) in [7, 11) is -3.74. The Kier molecular flexibility index (Phi) is 12.8. The summed E-state index contributed by atoms with van der Waals surface area (Å²) in [5.41, 5.74) is 2.39. The maximum atomic E-state index is 14.0. The number of rotatable bonds is 16. The van der Waals surface area contributed by atoms with Crippen LogP contribution in [0.1, 0.15) is 30.0 Å². The standard InChI is InChI=1S/C31H38ClN3O5S/c1-3-40-20-10-19-33-31(37)29(21-25-11-6-4-7-12-25)35(23-27-15-17-28(32)18-16-27)30(36)24-34(41(2,38)39)22-26-13-8-5-9-14-26/h4-9,11-18,29H,3,10,19-24H2,1-2H3,(H,33,37). The highest BCUT2D eigenvalue weighted by Gasteiger charge is 2.32. The molecule has 2 amide bonds. The molecule has 1 atom stereocenters. The lowest BCUT2D eigenvalue weighted by Gasteiger charge is -2.33. The van der Waals surface area contributed by atoms with Crippen LogP contribution in [0.4, 0.5) is 0 Å². The summed E-state index contributed by atoms with van der Waals surface area (Å²) in [6.07, 6.45) is 1.97. The monoisotopic (exact) mass is 599 g/mol. The lowest BCUT2D eigenvalue weighted by atomic mass is 10.0. The molecule has 0 heterocycles. The zero-order valence-electron chi connectivity index (χ0n) is 23.5. The molecule has 8 nitrogen and oxygen atoms in total. The number of carbonyl (C=O) groups excluding carboxylic acids is 2. The van der Waals surface area contributed by atoms with Crippen LogP contribution in [-0.2, 0) is 43.9 Å². The molecule has 0 aliphatic heterocycles. The number of halogens is 1. The number of hydrogen-bond donors (Lipinski definition) is 1. The number of nitrogens with zero attached hydrogens (tertiary/aromatic N) is 2. The van der Waals surface area contributed by atoms with E-state index >= 15 is 0 Å². The van der Waals surface area contributed by atoms with E-state index < -0.39 is 28.5 Å². The van der Waals surface area contributed by atoms with E-state index in [4.69, 9.17) is 16.3 Å². The Morgan fingerprint density at radius 3 is 2.05 bits per heavy atom. The van der Waals surface area contributed by atoms with Crippen LogP contribution in [0.5, 0.6) is 0 Å². The van der Waals surface area contributed by atoms with Gasteiger partial charge in [-0.1, -0.05) is 84.4 Å². The van der Waals surface area contributed by atoms with Crippen LogP contribution in [0, 0.1) is 0 Å². The first-order valence-corrected chi connectivity index (χ1v) is 15.8. The molecule has 10 heteroatoms. The molecule has 0 spiro atoms. The highest BCUT2D eigenvalue weighted by Crippen LogP contribution is 2.18. The Bertz CT molecular complexity index is 1340. The first kappa shape index (κ1) is 32.3. The van der Waals surface area contributed by atoms with Gasteiger partial charge in [0.05, 0.1) is 12.8 Å². The third-order valence-electron chi connectivity index (χ3n) is 6.49. The Balaban J connectivity index is 1.94. The predicted octanol–water partition coefficient (Wildman–Crippen LogP) is 4.28. The number of benzene rings is 3. The molecule has 3 aromatic carbocycles. The van der Waals surface area contributed by atoms with E-state index in [-0.39, 0.29) is 25.4 Å². The summed E-state index contributed by atoms with van der Waals surface area (Å²) in [5.74, 6) is -0.798. The fraction of sp³-hybridized carbons (Fsp3) is 0.355. The minimum Gasteiger partial charge on any atom is -0.382 e. The fourth-order valence-corrected chi connectivity index (χ4v) is 5.16. The van der Waals surface area contributed by atoms with Gasteiger partial charge in [-0.25, -0.2) is 8.42 Å². The van der Waals surface area contributed by atoms with E-state index in [9.17, 15) is 18.0 Å². The summed E-state index contributed by atoms with van der Waals surface area (Å²) in [6, 6.07) is 24.7. The molecule has 0 aliphatic carbocycles. The molecule has 0 aliphatic rings. The van der Waals surface area contributed by atoms with Gasteiger partial charge < -0.3 is 15.0 Å². The number of carbonyl (C=O) groups is 2. The molecule has 0 fully saturated rings. The van der Waals surface area contributed by atoms with Crippen molar-refractivity contribution >= 4 is 33.4 Å². The van der Waals surface area contributed by atoms with Crippen LogP contribution in [0.2, 0.25) is 5.02 Å². The Morgan fingerprint density at radius 2 is 1.46 bits per heavy atom. The van der Waals surface area contributed by atoms with Crippen molar-refractivity contribution in [2.24, 2.45) is 0 Å². The molecular formula is C31H38ClN3O5S. The van der Waals surface area contributed by atoms with Crippen molar-refractivity contribution in [1.82, 2.24) is 14.5 Å². The number of hydrogen-bond acceptors (Lipinski definition) is 5. The minimum atomic E-state index is -3.74. The zero-order chi connectivity index (χ0) is 29.7. The molecule has 0 radical (unpaired) electrons. The average Bonchev–Trinajstić information content (AvgIpc) is 2.96. The van der Waals surface area contributed by atoms with Crippen LogP contribution >= 0.6 is 11.6 Å². The van der Waals surface area contributed by atoms with Gasteiger partial charge in [0.25, 0.3) is 0 Å². The largest absolute Gasteiger partial charge is 0.382 e. The highest BCUT2D eigenvalue weighted by molar-refractivity contribution is 7.88.